The predicted octanol–water partition coefficient (Wildman–Crippen LogP) is 1.57. The Morgan fingerprint density at radius 2 is 2.50 bits per heavy atom. The van der Waals surface area contributed by atoms with Crippen molar-refractivity contribution >= 4 is 0 Å². The van der Waals surface area contributed by atoms with Gasteiger partial charge in [-0.05, 0) is 11.6 Å². The quantitative estimate of drug-likeness (QED) is 0.622. The molecule has 1 aromatic heterocycles. The first-order chi connectivity index (χ1) is 4.86. The third-order valence-corrected chi connectivity index (χ3v) is 1.09. The maximum Gasteiger partial charge on any atom is 0.213 e. The van der Waals surface area contributed by atoms with E-state index < -0.39 is 0 Å². The third kappa shape index (κ3) is 1.43. The normalized spacial score (nSPS) is 9.40. The van der Waals surface area contributed by atoms with Crippen LogP contribution < -0.4 is 4.74 Å². The fraction of sp³-hybridized carbons (Fsp3) is 0.143. The van der Waals surface area contributed by atoms with Crippen molar-refractivity contribution in [3.05, 3.63) is 30.6 Å². The zero-order valence-electron chi connectivity index (χ0n) is 5.54. The molecule has 0 spiro atoms. The minimum Gasteiger partial charge on any atom is -0.481 e. The molecule has 53 valence electrons. The van der Waals surface area contributed by atoms with Gasteiger partial charge in [0.1, 0.15) is 0 Å². The SMILES string of the molecule is COc1cc([CH]F)ccn1. The van der Waals surface area contributed by atoms with Crippen molar-refractivity contribution in [2.24, 2.45) is 0 Å². The molecule has 2 nitrogen and oxygen atoms in total. The molecule has 0 amide bonds. The van der Waals surface area contributed by atoms with E-state index in [4.69, 9.17) is 4.74 Å². The largest absolute Gasteiger partial charge is 0.481 e. The number of hydrogen-bond donors (Lipinski definition) is 0. The van der Waals surface area contributed by atoms with Gasteiger partial charge in [0.05, 0.1) is 7.11 Å². The molecule has 0 aliphatic heterocycles. The van der Waals surface area contributed by atoms with Crippen LogP contribution in [0.1, 0.15) is 5.56 Å². The fourth-order valence-corrected chi connectivity index (χ4v) is 0.604. The minimum absolute atomic E-state index is 0.423. The molecule has 0 N–H and O–H groups in total. The molecule has 1 rings (SSSR count). The van der Waals surface area contributed by atoms with Gasteiger partial charge in [0.15, 0.2) is 6.67 Å². The van der Waals surface area contributed by atoms with E-state index in [1.807, 2.05) is 0 Å². The van der Waals surface area contributed by atoms with E-state index in [0.29, 0.717) is 18.1 Å². The van der Waals surface area contributed by atoms with Gasteiger partial charge in [-0.1, -0.05) is 0 Å². The van der Waals surface area contributed by atoms with E-state index in [-0.39, 0.29) is 0 Å². The molecule has 3 heteroatoms. The summed E-state index contributed by atoms with van der Waals surface area (Å²) in [5.41, 5.74) is 0.465. The lowest BCUT2D eigenvalue weighted by atomic mass is 10.3. The Balaban J connectivity index is 2.87. The first kappa shape index (κ1) is 6.99. The molecule has 0 unspecified atom stereocenters. The molecule has 0 saturated carbocycles. The summed E-state index contributed by atoms with van der Waals surface area (Å²) < 4.78 is 16.6. The van der Waals surface area contributed by atoms with Crippen molar-refractivity contribution in [1.82, 2.24) is 4.98 Å². The van der Waals surface area contributed by atoms with Crippen LogP contribution in [0.4, 0.5) is 4.39 Å². The highest BCUT2D eigenvalue weighted by atomic mass is 19.1. The van der Waals surface area contributed by atoms with E-state index in [2.05, 4.69) is 4.98 Å². The lowest BCUT2D eigenvalue weighted by Crippen LogP contribution is -1.87. The maximum atomic E-state index is 11.8. The first-order valence-corrected chi connectivity index (χ1v) is 2.80. The molecule has 0 aliphatic rings. The molecule has 1 heterocycles. The van der Waals surface area contributed by atoms with Crippen molar-refractivity contribution in [3.8, 4) is 5.88 Å². The lowest BCUT2D eigenvalue weighted by molar-refractivity contribution is 0.397. The number of ether oxygens (including phenoxy) is 1. The van der Waals surface area contributed by atoms with Crippen LogP contribution in [0.25, 0.3) is 0 Å². The van der Waals surface area contributed by atoms with Crippen LogP contribution in [0.3, 0.4) is 0 Å². The van der Waals surface area contributed by atoms with Crippen LogP contribution in [0, 0.1) is 6.67 Å². The summed E-state index contributed by atoms with van der Waals surface area (Å²) >= 11 is 0. The molecular weight excluding hydrogens is 133 g/mol. The van der Waals surface area contributed by atoms with Crippen molar-refractivity contribution < 1.29 is 9.13 Å². The molecule has 0 aliphatic carbocycles. The smallest absolute Gasteiger partial charge is 0.213 e. The van der Waals surface area contributed by atoms with Crippen LogP contribution in [-0.2, 0) is 0 Å². The second-order valence-electron chi connectivity index (χ2n) is 1.74. The molecule has 0 aromatic carbocycles. The van der Waals surface area contributed by atoms with Crippen LogP contribution in [0.2, 0.25) is 0 Å². The molecule has 0 atom stereocenters. The second-order valence-corrected chi connectivity index (χ2v) is 1.74. The predicted molar refractivity (Wildman–Crippen MR) is 35.3 cm³/mol. The highest BCUT2D eigenvalue weighted by Gasteiger charge is 1.94. The van der Waals surface area contributed by atoms with Crippen LogP contribution in [-0.4, -0.2) is 12.1 Å². The van der Waals surface area contributed by atoms with Gasteiger partial charge < -0.3 is 4.74 Å². The summed E-state index contributed by atoms with van der Waals surface area (Å²) in [6.07, 6.45) is 1.49. The van der Waals surface area contributed by atoms with Crippen LogP contribution in [0.15, 0.2) is 18.3 Å². The molecular formula is C7H7FNO. The standard InChI is InChI=1S/C7H7FNO/c1-10-7-4-6(5-8)2-3-9-7/h2-5H,1H3. The summed E-state index contributed by atoms with van der Waals surface area (Å²) in [6.45, 7) is 0.504. The Bertz CT molecular complexity index is 195. The topological polar surface area (TPSA) is 22.1 Å². The summed E-state index contributed by atoms with van der Waals surface area (Å²) in [5, 5.41) is 0. The average molecular weight is 140 g/mol. The Morgan fingerprint density at radius 1 is 1.70 bits per heavy atom. The monoisotopic (exact) mass is 140 g/mol. The fourth-order valence-electron chi connectivity index (χ4n) is 0.604. The Kier molecular flexibility index (Phi) is 2.20. The molecule has 1 radical (unpaired) electrons. The molecule has 0 bridgehead atoms. The average Bonchev–Trinajstić information content (AvgIpc) is 2.05. The number of rotatable bonds is 2. The van der Waals surface area contributed by atoms with Crippen LogP contribution >= 0.6 is 0 Å². The number of methoxy groups -OCH3 is 1. The van der Waals surface area contributed by atoms with Crippen molar-refractivity contribution in [2.45, 2.75) is 0 Å². The van der Waals surface area contributed by atoms with E-state index in [0.717, 1.165) is 0 Å². The highest BCUT2D eigenvalue weighted by molar-refractivity contribution is 5.24. The van der Waals surface area contributed by atoms with Gasteiger partial charge in [-0.25, -0.2) is 9.37 Å². The molecule has 1 aromatic rings. The van der Waals surface area contributed by atoms with E-state index in [9.17, 15) is 4.39 Å². The Morgan fingerprint density at radius 3 is 3.10 bits per heavy atom. The van der Waals surface area contributed by atoms with Gasteiger partial charge in [-0.3, -0.25) is 0 Å². The van der Waals surface area contributed by atoms with Gasteiger partial charge in [-0.15, -0.1) is 0 Å². The number of hydrogen-bond acceptors (Lipinski definition) is 2. The Hall–Kier alpha value is -1.12. The summed E-state index contributed by atoms with van der Waals surface area (Å²) in [7, 11) is 1.49. The summed E-state index contributed by atoms with van der Waals surface area (Å²) in [6, 6.07) is 3.07. The van der Waals surface area contributed by atoms with Gasteiger partial charge in [0.2, 0.25) is 5.88 Å². The van der Waals surface area contributed by atoms with Gasteiger partial charge in [0, 0.05) is 12.3 Å². The third-order valence-electron chi connectivity index (χ3n) is 1.09. The van der Waals surface area contributed by atoms with E-state index >= 15 is 0 Å². The van der Waals surface area contributed by atoms with E-state index in [1.165, 1.54) is 19.4 Å². The van der Waals surface area contributed by atoms with Crippen LogP contribution in [0.5, 0.6) is 5.88 Å². The van der Waals surface area contributed by atoms with Crippen molar-refractivity contribution in [3.63, 3.8) is 0 Å². The Labute approximate surface area is 58.7 Å². The molecule has 0 fully saturated rings. The lowest BCUT2D eigenvalue weighted by Gasteiger charge is -1.97. The number of aromatic nitrogens is 1. The van der Waals surface area contributed by atoms with Crippen molar-refractivity contribution in [1.29, 1.82) is 0 Å². The van der Waals surface area contributed by atoms with Gasteiger partial charge in [-0.2, -0.15) is 0 Å². The second kappa shape index (κ2) is 3.15. The van der Waals surface area contributed by atoms with Gasteiger partial charge in [0.25, 0.3) is 0 Å². The zero-order chi connectivity index (χ0) is 7.40. The maximum absolute atomic E-state index is 11.8. The van der Waals surface area contributed by atoms with Gasteiger partial charge >= 0.3 is 0 Å². The summed E-state index contributed by atoms with van der Waals surface area (Å²) in [4.78, 5) is 3.80. The first-order valence-electron chi connectivity index (χ1n) is 2.80. The number of pyridine rings is 1. The number of nitrogens with zero attached hydrogens (tertiary/aromatic N) is 1. The number of halogens is 1. The zero-order valence-corrected chi connectivity index (χ0v) is 5.54. The molecule has 10 heavy (non-hydrogen) atoms. The van der Waals surface area contributed by atoms with Crippen molar-refractivity contribution in [2.75, 3.05) is 7.11 Å². The summed E-state index contributed by atoms with van der Waals surface area (Å²) in [5.74, 6) is 0.423. The highest BCUT2D eigenvalue weighted by Crippen LogP contribution is 2.09. The minimum atomic E-state index is 0.423. The molecule has 0 saturated heterocycles. The van der Waals surface area contributed by atoms with E-state index in [1.54, 1.807) is 6.07 Å².